The molecule has 94 valence electrons. The topological polar surface area (TPSA) is 15.3 Å². The molecule has 0 radical (unpaired) electrons. The zero-order valence-electron chi connectivity index (χ0n) is 10.9. The first-order chi connectivity index (χ1) is 8.36. The first-order valence-electron chi connectivity index (χ1n) is 6.81. The molecule has 1 aromatic rings. The molecule has 1 aliphatic heterocycles. The molecule has 2 rings (SSSR count). The molecule has 1 saturated heterocycles. The summed E-state index contributed by atoms with van der Waals surface area (Å²) in [5, 5.41) is 3.42. The van der Waals surface area contributed by atoms with Gasteiger partial charge in [0.15, 0.2) is 0 Å². The molecule has 0 aliphatic carbocycles. The number of nitrogens with one attached hydrogen (secondary N) is 1. The molecule has 17 heavy (non-hydrogen) atoms. The Labute approximate surface area is 105 Å². The Morgan fingerprint density at radius 1 is 1.18 bits per heavy atom. The molecule has 0 saturated carbocycles. The van der Waals surface area contributed by atoms with Crippen LogP contribution in [-0.2, 0) is 6.42 Å². The van der Waals surface area contributed by atoms with E-state index in [1.54, 1.807) is 0 Å². The van der Waals surface area contributed by atoms with E-state index < -0.39 is 0 Å². The molecule has 0 spiro atoms. The molecule has 0 bridgehead atoms. The van der Waals surface area contributed by atoms with Gasteiger partial charge in [0.1, 0.15) is 0 Å². The van der Waals surface area contributed by atoms with Gasteiger partial charge in [0.05, 0.1) is 0 Å². The summed E-state index contributed by atoms with van der Waals surface area (Å²) in [6.45, 7) is 3.60. The lowest BCUT2D eigenvalue weighted by Gasteiger charge is -2.31. The summed E-state index contributed by atoms with van der Waals surface area (Å²) in [4.78, 5) is 2.55. The van der Waals surface area contributed by atoms with E-state index in [0.717, 1.165) is 6.04 Å². The molecule has 0 amide bonds. The average Bonchev–Trinajstić information content (AvgIpc) is 2.41. The molecule has 0 aromatic heterocycles. The summed E-state index contributed by atoms with van der Waals surface area (Å²) in [5.41, 5.74) is 1.46. The van der Waals surface area contributed by atoms with Gasteiger partial charge in [-0.05, 0) is 57.9 Å². The Morgan fingerprint density at radius 2 is 1.88 bits per heavy atom. The number of benzene rings is 1. The molecule has 1 fully saturated rings. The van der Waals surface area contributed by atoms with Gasteiger partial charge in [0.2, 0.25) is 0 Å². The maximum absolute atomic E-state index is 3.42. The van der Waals surface area contributed by atoms with Crippen molar-refractivity contribution in [3.8, 4) is 0 Å². The summed E-state index contributed by atoms with van der Waals surface area (Å²) in [6, 6.07) is 11.6. The zero-order chi connectivity index (χ0) is 11.9. The van der Waals surface area contributed by atoms with E-state index in [9.17, 15) is 0 Å². The fraction of sp³-hybridized carbons (Fsp3) is 0.600. The van der Waals surface area contributed by atoms with Crippen LogP contribution in [0.5, 0.6) is 0 Å². The molecule has 1 N–H and O–H groups in total. The first-order valence-corrected chi connectivity index (χ1v) is 6.81. The van der Waals surface area contributed by atoms with Crippen molar-refractivity contribution in [2.24, 2.45) is 0 Å². The zero-order valence-corrected chi connectivity index (χ0v) is 10.9. The highest BCUT2D eigenvalue weighted by Gasteiger charge is 2.16. The van der Waals surface area contributed by atoms with Crippen molar-refractivity contribution in [1.29, 1.82) is 0 Å². The summed E-state index contributed by atoms with van der Waals surface area (Å²) >= 11 is 0. The fourth-order valence-corrected chi connectivity index (χ4v) is 2.61. The van der Waals surface area contributed by atoms with Crippen LogP contribution in [0.25, 0.3) is 0 Å². The lowest BCUT2D eigenvalue weighted by Crippen LogP contribution is -2.41. The Morgan fingerprint density at radius 3 is 2.59 bits per heavy atom. The van der Waals surface area contributed by atoms with Gasteiger partial charge < -0.3 is 10.2 Å². The van der Waals surface area contributed by atoms with Crippen LogP contribution in [0.1, 0.15) is 24.8 Å². The lowest BCUT2D eigenvalue weighted by molar-refractivity contribution is 0.197. The second-order valence-electron chi connectivity index (χ2n) is 5.05. The van der Waals surface area contributed by atoms with Gasteiger partial charge in [-0.15, -0.1) is 0 Å². The van der Waals surface area contributed by atoms with Crippen LogP contribution in [0.3, 0.4) is 0 Å². The molecule has 1 aromatic carbocycles. The van der Waals surface area contributed by atoms with Crippen LogP contribution < -0.4 is 5.32 Å². The van der Waals surface area contributed by atoms with Gasteiger partial charge in [-0.1, -0.05) is 30.3 Å². The van der Waals surface area contributed by atoms with Crippen molar-refractivity contribution in [2.45, 2.75) is 31.7 Å². The van der Waals surface area contributed by atoms with E-state index >= 15 is 0 Å². The van der Waals surface area contributed by atoms with Gasteiger partial charge >= 0.3 is 0 Å². The molecule has 2 heteroatoms. The Bertz CT molecular complexity index is 304. The lowest BCUT2D eigenvalue weighted by atomic mass is 10.0. The minimum absolute atomic E-state index is 0.798. The van der Waals surface area contributed by atoms with Gasteiger partial charge in [0, 0.05) is 6.04 Å². The van der Waals surface area contributed by atoms with Crippen molar-refractivity contribution in [2.75, 3.05) is 26.7 Å². The van der Waals surface area contributed by atoms with Crippen LogP contribution in [0, 0.1) is 0 Å². The van der Waals surface area contributed by atoms with E-state index in [1.165, 1.54) is 50.9 Å². The number of hydrogen-bond donors (Lipinski definition) is 1. The average molecular weight is 232 g/mol. The molecule has 0 atom stereocenters. The highest BCUT2D eigenvalue weighted by molar-refractivity contribution is 5.14. The van der Waals surface area contributed by atoms with Gasteiger partial charge in [-0.25, -0.2) is 0 Å². The van der Waals surface area contributed by atoms with Crippen LogP contribution in [0.4, 0.5) is 0 Å². The maximum atomic E-state index is 3.42. The van der Waals surface area contributed by atoms with Crippen LogP contribution >= 0.6 is 0 Å². The number of aryl methyl sites for hydroxylation is 1. The standard InChI is InChI=1S/C15H24N2/c1-17(15-9-11-16-12-10-15)13-5-8-14-6-3-2-4-7-14/h2-4,6-7,15-16H,5,8-13H2,1H3. The monoisotopic (exact) mass is 232 g/mol. The molecule has 2 nitrogen and oxygen atoms in total. The molecule has 1 aliphatic rings. The minimum Gasteiger partial charge on any atom is -0.317 e. The number of nitrogens with zero attached hydrogens (tertiary/aromatic N) is 1. The van der Waals surface area contributed by atoms with E-state index in [-0.39, 0.29) is 0 Å². The Kier molecular flexibility index (Phi) is 5.02. The third-order valence-electron chi connectivity index (χ3n) is 3.75. The van der Waals surface area contributed by atoms with Crippen LogP contribution in [0.15, 0.2) is 30.3 Å². The summed E-state index contributed by atoms with van der Waals surface area (Å²) in [5.74, 6) is 0. The Balaban J connectivity index is 1.67. The normalized spacial score (nSPS) is 17.5. The predicted octanol–water partition coefficient (Wildman–Crippen LogP) is 2.30. The van der Waals surface area contributed by atoms with Crippen molar-refractivity contribution in [3.05, 3.63) is 35.9 Å². The van der Waals surface area contributed by atoms with E-state index in [4.69, 9.17) is 0 Å². The third-order valence-corrected chi connectivity index (χ3v) is 3.75. The van der Waals surface area contributed by atoms with Crippen LogP contribution in [0.2, 0.25) is 0 Å². The van der Waals surface area contributed by atoms with Gasteiger partial charge in [-0.2, -0.15) is 0 Å². The number of rotatable bonds is 5. The summed E-state index contributed by atoms with van der Waals surface area (Å²) in [7, 11) is 2.28. The minimum atomic E-state index is 0.798. The first kappa shape index (κ1) is 12.6. The van der Waals surface area contributed by atoms with E-state index in [0.29, 0.717) is 0 Å². The van der Waals surface area contributed by atoms with Gasteiger partial charge in [0.25, 0.3) is 0 Å². The number of hydrogen-bond acceptors (Lipinski definition) is 2. The van der Waals surface area contributed by atoms with Crippen molar-refractivity contribution >= 4 is 0 Å². The third kappa shape index (κ3) is 4.14. The second kappa shape index (κ2) is 6.77. The molecule has 1 heterocycles. The van der Waals surface area contributed by atoms with Crippen LogP contribution in [-0.4, -0.2) is 37.6 Å². The number of piperidine rings is 1. The Hall–Kier alpha value is -0.860. The van der Waals surface area contributed by atoms with Crippen molar-refractivity contribution < 1.29 is 0 Å². The van der Waals surface area contributed by atoms with Crippen molar-refractivity contribution in [3.63, 3.8) is 0 Å². The molecular formula is C15H24N2. The smallest absolute Gasteiger partial charge is 0.0116 e. The fourth-order valence-electron chi connectivity index (χ4n) is 2.61. The predicted molar refractivity (Wildman–Crippen MR) is 73.3 cm³/mol. The SMILES string of the molecule is CN(CCCc1ccccc1)C1CCNCC1. The molecule has 0 unspecified atom stereocenters. The summed E-state index contributed by atoms with van der Waals surface area (Å²) < 4.78 is 0. The molecular weight excluding hydrogens is 208 g/mol. The van der Waals surface area contributed by atoms with E-state index in [2.05, 4.69) is 47.6 Å². The second-order valence-corrected chi connectivity index (χ2v) is 5.05. The largest absolute Gasteiger partial charge is 0.317 e. The maximum Gasteiger partial charge on any atom is 0.0116 e. The quantitative estimate of drug-likeness (QED) is 0.838. The highest BCUT2D eigenvalue weighted by Crippen LogP contribution is 2.11. The van der Waals surface area contributed by atoms with Crippen molar-refractivity contribution in [1.82, 2.24) is 10.2 Å². The van der Waals surface area contributed by atoms with Gasteiger partial charge in [-0.3, -0.25) is 0 Å². The summed E-state index contributed by atoms with van der Waals surface area (Å²) in [6.07, 6.45) is 5.09. The van der Waals surface area contributed by atoms with E-state index in [1.807, 2.05) is 0 Å². The highest BCUT2D eigenvalue weighted by atomic mass is 15.1.